The zero-order valence-electron chi connectivity index (χ0n) is 7.22. The standard InChI is InChI=1S/C7H12N4O/c1-8-7(12)9-3-6-4-10-11(2)5-6/h4-5H,3H2,1-2H3,(H2,8,9,12)/p+1. The molecule has 66 valence electrons. The largest absolute Gasteiger partial charge is 0.341 e. The third-order valence-electron chi connectivity index (χ3n) is 1.49. The van der Waals surface area contributed by atoms with E-state index in [1.54, 1.807) is 7.05 Å². The lowest BCUT2D eigenvalue weighted by Gasteiger charge is -1.99. The van der Waals surface area contributed by atoms with Gasteiger partial charge in [-0.2, -0.15) is 5.10 Å². The molecule has 0 aliphatic rings. The van der Waals surface area contributed by atoms with Crippen LogP contribution in [0.15, 0.2) is 12.4 Å². The quantitative estimate of drug-likeness (QED) is 0.502. The van der Waals surface area contributed by atoms with Crippen molar-refractivity contribution in [2.75, 3.05) is 7.05 Å². The Labute approximate surface area is 70.8 Å². The average Bonchev–Trinajstić information content (AvgIpc) is 2.47. The van der Waals surface area contributed by atoms with Crippen LogP contribution in [-0.4, -0.2) is 18.2 Å². The molecule has 0 unspecified atom stereocenters. The van der Waals surface area contributed by atoms with Crippen LogP contribution in [0.3, 0.4) is 0 Å². The molecule has 12 heavy (non-hydrogen) atoms. The molecule has 0 spiro atoms. The number of hydrogen-bond donors (Lipinski definition) is 3. The molecule has 1 heterocycles. The first kappa shape index (κ1) is 8.58. The Kier molecular flexibility index (Phi) is 2.68. The summed E-state index contributed by atoms with van der Waals surface area (Å²) in [6, 6.07) is -0.168. The van der Waals surface area contributed by atoms with E-state index in [2.05, 4.69) is 15.7 Å². The second-order valence-electron chi connectivity index (χ2n) is 2.52. The first-order chi connectivity index (χ1) is 5.72. The maximum absolute atomic E-state index is 10.8. The molecule has 2 amide bonds. The van der Waals surface area contributed by atoms with Crippen LogP contribution in [-0.2, 0) is 13.6 Å². The summed E-state index contributed by atoms with van der Waals surface area (Å²) < 4.78 is 1.82. The van der Waals surface area contributed by atoms with Crippen molar-refractivity contribution in [1.82, 2.24) is 15.7 Å². The Morgan fingerprint density at radius 2 is 2.50 bits per heavy atom. The lowest BCUT2D eigenvalue weighted by atomic mass is 10.4. The number of rotatable bonds is 2. The van der Waals surface area contributed by atoms with Crippen molar-refractivity contribution in [1.29, 1.82) is 0 Å². The first-order valence-corrected chi connectivity index (χ1v) is 3.71. The summed E-state index contributed by atoms with van der Waals surface area (Å²) in [7, 11) is 3.48. The van der Waals surface area contributed by atoms with Gasteiger partial charge in [0.25, 0.3) is 0 Å². The van der Waals surface area contributed by atoms with Crippen molar-refractivity contribution in [3.63, 3.8) is 0 Å². The average molecular weight is 169 g/mol. The topological polar surface area (TPSA) is 60.8 Å². The second-order valence-corrected chi connectivity index (χ2v) is 2.52. The molecule has 0 radical (unpaired) electrons. The summed E-state index contributed by atoms with van der Waals surface area (Å²) in [4.78, 5) is 10.8. The smallest absolute Gasteiger partial charge is 0.314 e. The van der Waals surface area contributed by atoms with Gasteiger partial charge in [-0.15, -0.1) is 4.68 Å². The highest BCUT2D eigenvalue weighted by Crippen LogP contribution is 1.89. The van der Waals surface area contributed by atoms with Gasteiger partial charge in [-0.25, -0.2) is 4.79 Å². The molecule has 0 aromatic carbocycles. The molecular formula is C7H13N4O+. The van der Waals surface area contributed by atoms with Crippen molar-refractivity contribution >= 4 is 6.03 Å². The monoisotopic (exact) mass is 169 g/mol. The van der Waals surface area contributed by atoms with Gasteiger partial charge in [-0.1, -0.05) is 0 Å². The van der Waals surface area contributed by atoms with Gasteiger partial charge < -0.3 is 10.6 Å². The van der Waals surface area contributed by atoms with E-state index in [-0.39, 0.29) is 6.03 Å². The number of amides is 2. The minimum absolute atomic E-state index is 0.168. The molecule has 1 rings (SSSR count). The summed E-state index contributed by atoms with van der Waals surface area (Å²) in [6.07, 6.45) is 3.76. The number of carbonyl (C=O) groups is 1. The van der Waals surface area contributed by atoms with Gasteiger partial charge >= 0.3 is 6.03 Å². The molecule has 0 fully saturated rings. The number of hydrogen-bond acceptors (Lipinski definition) is 1. The number of nitrogens with zero attached hydrogens (tertiary/aromatic N) is 1. The molecule has 3 N–H and O–H groups in total. The number of urea groups is 1. The van der Waals surface area contributed by atoms with Gasteiger partial charge in [0.15, 0.2) is 13.2 Å². The normalized spacial score (nSPS) is 9.50. The van der Waals surface area contributed by atoms with E-state index < -0.39 is 0 Å². The number of H-pyrrole nitrogens is 1. The summed E-state index contributed by atoms with van der Waals surface area (Å²) in [5.41, 5.74) is 1.04. The molecule has 5 nitrogen and oxygen atoms in total. The maximum atomic E-state index is 10.8. The van der Waals surface area contributed by atoms with Crippen molar-refractivity contribution in [2.24, 2.45) is 7.05 Å². The number of aromatic amines is 1. The highest BCUT2D eigenvalue weighted by atomic mass is 16.2. The number of aryl methyl sites for hydroxylation is 1. The van der Waals surface area contributed by atoms with E-state index in [4.69, 9.17) is 0 Å². The van der Waals surface area contributed by atoms with Gasteiger partial charge in [0.2, 0.25) is 0 Å². The van der Waals surface area contributed by atoms with Crippen LogP contribution >= 0.6 is 0 Å². The highest BCUT2D eigenvalue weighted by molar-refractivity contribution is 5.73. The molecule has 0 aliphatic heterocycles. The fraction of sp³-hybridized carbons (Fsp3) is 0.429. The number of carbonyl (C=O) groups excluding carboxylic acids is 1. The molecular weight excluding hydrogens is 156 g/mol. The van der Waals surface area contributed by atoms with Crippen LogP contribution in [0.25, 0.3) is 0 Å². The lowest BCUT2D eigenvalue weighted by molar-refractivity contribution is -0.727. The van der Waals surface area contributed by atoms with Crippen LogP contribution in [0, 0.1) is 0 Å². The summed E-state index contributed by atoms with van der Waals surface area (Å²) in [5, 5.41) is 8.11. The molecule has 5 heteroatoms. The molecule has 0 bridgehead atoms. The summed E-state index contributed by atoms with van der Waals surface area (Å²) >= 11 is 0. The molecule has 1 aromatic heterocycles. The van der Waals surface area contributed by atoms with Crippen molar-refractivity contribution in [3.8, 4) is 0 Å². The van der Waals surface area contributed by atoms with Gasteiger partial charge in [0.05, 0.1) is 18.3 Å². The Bertz CT molecular complexity index is 268. The fourth-order valence-corrected chi connectivity index (χ4v) is 0.875. The Hall–Kier alpha value is -1.52. The van der Waals surface area contributed by atoms with E-state index in [0.29, 0.717) is 6.54 Å². The van der Waals surface area contributed by atoms with E-state index in [9.17, 15) is 4.79 Å². The molecule has 0 atom stereocenters. The summed E-state index contributed by atoms with van der Waals surface area (Å²) in [6.45, 7) is 0.539. The van der Waals surface area contributed by atoms with Gasteiger partial charge in [-0.3, -0.25) is 0 Å². The Morgan fingerprint density at radius 3 is 3.00 bits per heavy atom. The number of aromatic nitrogens is 2. The van der Waals surface area contributed by atoms with E-state index in [0.717, 1.165) is 5.56 Å². The van der Waals surface area contributed by atoms with Crippen LogP contribution < -0.4 is 15.3 Å². The van der Waals surface area contributed by atoms with Crippen LogP contribution in [0.4, 0.5) is 4.79 Å². The predicted octanol–water partition coefficient (Wildman–Crippen LogP) is -0.732. The summed E-state index contributed by atoms with van der Waals surface area (Å²) in [5.74, 6) is 0. The van der Waals surface area contributed by atoms with E-state index in [1.807, 2.05) is 24.1 Å². The maximum Gasteiger partial charge on any atom is 0.314 e. The SMILES string of the molecule is CNC(=O)NCc1c[nH][n+](C)c1. The third kappa shape index (κ3) is 2.26. The van der Waals surface area contributed by atoms with Gasteiger partial charge in [-0.05, 0) is 0 Å². The van der Waals surface area contributed by atoms with Crippen LogP contribution in [0.5, 0.6) is 0 Å². The second kappa shape index (κ2) is 3.75. The minimum atomic E-state index is -0.168. The van der Waals surface area contributed by atoms with Crippen LogP contribution in [0.1, 0.15) is 5.56 Å². The van der Waals surface area contributed by atoms with E-state index >= 15 is 0 Å². The lowest BCUT2D eigenvalue weighted by Crippen LogP contribution is -2.32. The molecule has 1 aromatic rings. The fourth-order valence-electron chi connectivity index (χ4n) is 0.875. The van der Waals surface area contributed by atoms with Crippen molar-refractivity contribution in [3.05, 3.63) is 18.0 Å². The molecule has 0 aliphatic carbocycles. The minimum Gasteiger partial charge on any atom is -0.341 e. The Morgan fingerprint density at radius 1 is 1.75 bits per heavy atom. The zero-order valence-corrected chi connectivity index (χ0v) is 7.22. The zero-order chi connectivity index (χ0) is 8.97. The highest BCUT2D eigenvalue weighted by Gasteiger charge is 2.02. The predicted molar refractivity (Wildman–Crippen MR) is 43.3 cm³/mol. The van der Waals surface area contributed by atoms with E-state index in [1.165, 1.54) is 0 Å². The molecule has 0 saturated heterocycles. The van der Waals surface area contributed by atoms with Gasteiger partial charge in [0.1, 0.15) is 0 Å². The number of nitrogens with one attached hydrogen (secondary N) is 3. The van der Waals surface area contributed by atoms with Crippen LogP contribution in [0.2, 0.25) is 0 Å². The molecule has 0 saturated carbocycles. The van der Waals surface area contributed by atoms with Crippen molar-refractivity contribution < 1.29 is 9.48 Å². The van der Waals surface area contributed by atoms with Gasteiger partial charge in [0, 0.05) is 7.05 Å². The Balaban J connectivity index is 2.38. The van der Waals surface area contributed by atoms with Crippen molar-refractivity contribution in [2.45, 2.75) is 6.54 Å². The first-order valence-electron chi connectivity index (χ1n) is 3.71. The third-order valence-corrected chi connectivity index (χ3v) is 1.49.